The molecule has 0 saturated heterocycles. The third kappa shape index (κ3) is 39.8. The summed E-state index contributed by atoms with van der Waals surface area (Å²) in [6, 6.07) is -0.559. The van der Waals surface area contributed by atoms with Crippen molar-refractivity contribution in [1.29, 1.82) is 0 Å². The minimum Gasteiger partial charge on any atom is -0.466 e. The summed E-state index contributed by atoms with van der Waals surface area (Å²) in [7, 11) is 0. The van der Waals surface area contributed by atoms with Gasteiger partial charge in [0.2, 0.25) is 5.91 Å². The van der Waals surface area contributed by atoms with Crippen molar-refractivity contribution in [2.24, 2.45) is 0 Å². The van der Waals surface area contributed by atoms with Crippen molar-refractivity contribution in [3.8, 4) is 0 Å². The van der Waals surface area contributed by atoms with Crippen LogP contribution in [0.4, 0.5) is 0 Å². The highest BCUT2D eigenvalue weighted by Gasteiger charge is 2.20. The molecule has 0 rings (SSSR count). The summed E-state index contributed by atoms with van der Waals surface area (Å²) in [5.74, 6) is -0.103. The Balaban J connectivity index is 3.52. The third-order valence-corrected chi connectivity index (χ3v) is 10.4. The Morgan fingerprint density at radius 3 is 1.46 bits per heavy atom. The first-order valence-corrected chi connectivity index (χ1v) is 23.2. The van der Waals surface area contributed by atoms with Crippen molar-refractivity contribution in [3.05, 3.63) is 36.5 Å². The lowest BCUT2D eigenvalue weighted by atomic mass is 10.0. The topological polar surface area (TPSA) is 95.9 Å². The van der Waals surface area contributed by atoms with Gasteiger partial charge in [-0.1, -0.05) is 166 Å². The van der Waals surface area contributed by atoms with Crippen molar-refractivity contribution in [2.75, 3.05) is 13.2 Å². The highest BCUT2D eigenvalue weighted by atomic mass is 16.5. The molecule has 2 atom stereocenters. The van der Waals surface area contributed by atoms with Crippen LogP contribution in [-0.4, -0.2) is 47.4 Å². The number of ether oxygens (including phenoxy) is 1. The number of esters is 1. The lowest BCUT2D eigenvalue weighted by molar-refractivity contribution is -0.143. The van der Waals surface area contributed by atoms with Crippen LogP contribution in [0.15, 0.2) is 36.5 Å². The Hall–Kier alpha value is -1.92. The van der Waals surface area contributed by atoms with E-state index in [4.69, 9.17) is 4.74 Å². The second kappa shape index (κ2) is 43.8. The second-order valence-electron chi connectivity index (χ2n) is 15.7. The molecule has 6 nitrogen and oxygen atoms in total. The predicted octanol–water partition coefficient (Wildman–Crippen LogP) is 13.3. The van der Waals surface area contributed by atoms with Crippen LogP contribution in [0.3, 0.4) is 0 Å². The van der Waals surface area contributed by atoms with Crippen molar-refractivity contribution in [2.45, 2.75) is 244 Å². The minimum atomic E-state index is -0.679. The molecule has 0 aliphatic rings. The number of rotatable bonds is 42. The maximum absolute atomic E-state index is 12.4. The molecule has 2 unspecified atom stereocenters. The first-order valence-electron chi connectivity index (χ1n) is 23.2. The number of amides is 1. The fraction of sp³-hybridized carbons (Fsp3) is 0.833. The van der Waals surface area contributed by atoms with Crippen molar-refractivity contribution in [3.63, 3.8) is 0 Å². The van der Waals surface area contributed by atoms with Crippen molar-refractivity contribution in [1.82, 2.24) is 5.32 Å². The van der Waals surface area contributed by atoms with E-state index in [2.05, 4.69) is 55.6 Å². The Labute approximate surface area is 334 Å². The summed E-state index contributed by atoms with van der Waals surface area (Å²) < 4.78 is 5.43. The molecule has 1 amide bonds. The summed E-state index contributed by atoms with van der Waals surface area (Å²) >= 11 is 0. The summed E-state index contributed by atoms with van der Waals surface area (Å²) in [5, 5.41) is 23.0. The molecule has 0 aromatic rings. The number of carbonyl (C=O) groups is 2. The molecule has 0 bridgehead atoms. The molecular formula is C48H89NO5. The van der Waals surface area contributed by atoms with Gasteiger partial charge in [0.05, 0.1) is 25.4 Å². The van der Waals surface area contributed by atoms with Gasteiger partial charge < -0.3 is 20.3 Å². The van der Waals surface area contributed by atoms with Crippen LogP contribution in [0.25, 0.3) is 0 Å². The Bertz CT molecular complexity index is 884. The summed E-state index contributed by atoms with van der Waals surface area (Å²) in [6.07, 6.45) is 51.0. The molecule has 0 aliphatic carbocycles. The number of unbranched alkanes of at least 4 members (excludes halogenated alkanes) is 25. The molecule has 3 N–H and O–H groups in total. The highest BCUT2D eigenvalue weighted by molar-refractivity contribution is 5.76. The molecule has 0 fully saturated rings. The van der Waals surface area contributed by atoms with E-state index in [1.165, 1.54) is 109 Å². The first-order chi connectivity index (χ1) is 26.5. The van der Waals surface area contributed by atoms with Crippen molar-refractivity contribution >= 4 is 11.9 Å². The first kappa shape index (κ1) is 52.1. The largest absolute Gasteiger partial charge is 0.466 e. The molecule has 0 radical (unpaired) electrons. The molecular weight excluding hydrogens is 671 g/mol. The average Bonchev–Trinajstić information content (AvgIpc) is 3.17. The van der Waals surface area contributed by atoms with Crippen LogP contribution in [0, 0.1) is 0 Å². The number of nitrogens with one attached hydrogen (secondary N) is 1. The normalized spacial score (nSPS) is 13.0. The Kier molecular flexibility index (Phi) is 42.2. The van der Waals surface area contributed by atoms with Gasteiger partial charge >= 0.3 is 5.97 Å². The SMILES string of the molecule is CCCCC/C=C\C/C=C\CCCCCCCC(=O)OCCCCC/C=C\CCCCCCCC(=O)NC(CO)C(O)CCCCCCCCCCCC. The maximum atomic E-state index is 12.4. The fourth-order valence-corrected chi connectivity index (χ4v) is 6.78. The second-order valence-corrected chi connectivity index (χ2v) is 15.7. The average molecular weight is 760 g/mol. The third-order valence-electron chi connectivity index (χ3n) is 10.4. The highest BCUT2D eigenvalue weighted by Crippen LogP contribution is 2.14. The molecule has 6 heteroatoms. The Morgan fingerprint density at radius 1 is 0.519 bits per heavy atom. The zero-order valence-electron chi connectivity index (χ0n) is 35.7. The molecule has 54 heavy (non-hydrogen) atoms. The minimum absolute atomic E-state index is 0.0379. The van der Waals surface area contributed by atoms with E-state index in [-0.39, 0.29) is 18.5 Å². The van der Waals surface area contributed by atoms with Gasteiger partial charge in [0.15, 0.2) is 0 Å². The van der Waals surface area contributed by atoms with Crippen LogP contribution >= 0.6 is 0 Å². The van der Waals surface area contributed by atoms with E-state index in [1.807, 2.05) is 0 Å². The number of aliphatic hydroxyl groups is 2. The van der Waals surface area contributed by atoms with Gasteiger partial charge in [0, 0.05) is 12.8 Å². The van der Waals surface area contributed by atoms with Gasteiger partial charge in [-0.25, -0.2) is 0 Å². The standard InChI is InChI=1S/C48H89NO5/c1-3-5-7-9-11-13-15-16-17-18-22-26-30-34-38-42-48(53)54-43-39-35-31-27-23-20-19-21-25-29-33-37-41-47(52)49-45(44-50)46(51)40-36-32-28-24-14-12-10-8-6-4-2/h11,13,16-17,20,23,45-46,50-51H,3-10,12,14-15,18-19,21-22,24-44H2,1-2H3,(H,49,52)/b13-11-,17-16-,23-20-. The number of carbonyl (C=O) groups excluding carboxylic acids is 2. The number of hydrogen-bond donors (Lipinski definition) is 3. The smallest absolute Gasteiger partial charge is 0.305 e. The van der Waals surface area contributed by atoms with Crippen LogP contribution < -0.4 is 5.32 Å². The summed E-state index contributed by atoms with van der Waals surface area (Å²) in [4.78, 5) is 24.4. The molecule has 0 heterocycles. The molecule has 0 aromatic carbocycles. The number of allylic oxidation sites excluding steroid dienone is 6. The summed E-state index contributed by atoms with van der Waals surface area (Å²) in [6.45, 7) is 4.83. The van der Waals surface area contributed by atoms with Gasteiger partial charge in [-0.3, -0.25) is 9.59 Å². The van der Waals surface area contributed by atoms with Crippen LogP contribution in [0.2, 0.25) is 0 Å². The quantitative estimate of drug-likeness (QED) is 0.0327. The van der Waals surface area contributed by atoms with Crippen LogP contribution in [0.1, 0.15) is 232 Å². The molecule has 0 aliphatic heterocycles. The number of aliphatic hydroxyl groups excluding tert-OH is 2. The van der Waals surface area contributed by atoms with E-state index >= 15 is 0 Å². The van der Waals surface area contributed by atoms with Crippen LogP contribution in [0.5, 0.6) is 0 Å². The zero-order chi connectivity index (χ0) is 39.4. The van der Waals surface area contributed by atoms with E-state index < -0.39 is 12.1 Å². The number of hydrogen-bond acceptors (Lipinski definition) is 5. The van der Waals surface area contributed by atoms with E-state index in [9.17, 15) is 19.8 Å². The van der Waals surface area contributed by atoms with E-state index in [1.54, 1.807) is 0 Å². The maximum Gasteiger partial charge on any atom is 0.305 e. The predicted molar refractivity (Wildman–Crippen MR) is 232 cm³/mol. The van der Waals surface area contributed by atoms with Crippen LogP contribution in [-0.2, 0) is 14.3 Å². The zero-order valence-corrected chi connectivity index (χ0v) is 35.7. The van der Waals surface area contributed by atoms with Gasteiger partial charge in [0.25, 0.3) is 0 Å². The molecule has 0 saturated carbocycles. The monoisotopic (exact) mass is 760 g/mol. The van der Waals surface area contributed by atoms with Gasteiger partial charge in [-0.05, 0) is 89.9 Å². The van der Waals surface area contributed by atoms with Gasteiger partial charge in [-0.2, -0.15) is 0 Å². The lowest BCUT2D eigenvalue weighted by Gasteiger charge is -2.22. The fourth-order valence-electron chi connectivity index (χ4n) is 6.78. The van der Waals surface area contributed by atoms with Gasteiger partial charge in [0.1, 0.15) is 0 Å². The van der Waals surface area contributed by atoms with Crippen molar-refractivity contribution < 1.29 is 24.5 Å². The molecule has 0 aromatic heterocycles. The molecule has 0 spiro atoms. The van der Waals surface area contributed by atoms with E-state index in [0.717, 1.165) is 89.9 Å². The molecule has 316 valence electrons. The Morgan fingerprint density at radius 2 is 0.926 bits per heavy atom. The van der Waals surface area contributed by atoms with Gasteiger partial charge in [-0.15, -0.1) is 0 Å². The van der Waals surface area contributed by atoms with E-state index in [0.29, 0.717) is 25.9 Å². The summed E-state index contributed by atoms with van der Waals surface area (Å²) in [5.41, 5.74) is 0. The lowest BCUT2D eigenvalue weighted by Crippen LogP contribution is -2.45.